The van der Waals surface area contributed by atoms with Crippen LogP contribution in [0.15, 0.2) is 30.3 Å². The minimum absolute atomic E-state index is 0.214. The van der Waals surface area contributed by atoms with Crippen molar-refractivity contribution in [2.75, 3.05) is 5.32 Å². The highest BCUT2D eigenvalue weighted by Crippen LogP contribution is 2.44. The third-order valence-corrected chi connectivity index (χ3v) is 7.17. The van der Waals surface area contributed by atoms with E-state index in [-0.39, 0.29) is 11.3 Å². The number of nitrogens with two attached hydrogens (primary N) is 1. The minimum Gasteiger partial charge on any atom is -0.365 e. The van der Waals surface area contributed by atoms with Crippen molar-refractivity contribution in [1.82, 2.24) is 0 Å². The van der Waals surface area contributed by atoms with E-state index in [2.05, 4.69) is 52.1 Å². The van der Waals surface area contributed by atoms with Gasteiger partial charge in [0, 0.05) is 11.0 Å². The van der Waals surface area contributed by atoms with E-state index in [9.17, 15) is 9.59 Å². The Bertz CT molecular complexity index is 962. The molecule has 4 nitrogen and oxygen atoms in total. The fourth-order valence-corrected chi connectivity index (χ4v) is 5.33. The Labute approximate surface area is 183 Å². The van der Waals surface area contributed by atoms with Gasteiger partial charge in [0.25, 0.3) is 5.91 Å². The van der Waals surface area contributed by atoms with Crippen LogP contribution in [0, 0.1) is 11.3 Å². The molecule has 0 bridgehead atoms. The topological polar surface area (TPSA) is 72.2 Å². The first-order valence-corrected chi connectivity index (χ1v) is 11.4. The van der Waals surface area contributed by atoms with Gasteiger partial charge in [0.1, 0.15) is 5.00 Å². The van der Waals surface area contributed by atoms with Crippen LogP contribution in [0.2, 0.25) is 0 Å². The van der Waals surface area contributed by atoms with Crippen LogP contribution in [0.25, 0.3) is 6.08 Å². The number of anilines is 1. The molecule has 0 saturated carbocycles. The highest BCUT2D eigenvalue weighted by molar-refractivity contribution is 7.17. The normalized spacial score (nSPS) is 16.7. The van der Waals surface area contributed by atoms with Crippen LogP contribution in [-0.2, 0) is 17.6 Å². The monoisotopic (exact) mass is 424 g/mol. The Morgan fingerprint density at radius 2 is 1.87 bits per heavy atom. The molecular formula is C25H32N2O2S. The van der Waals surface area contributed by atoms with Crippen LogP contribution in [0.3, 0.4) is 0 Å². The fraction of sp³-hybridized carbons (Fsp3) is 0.440. The maximum atomic E-state index is 12.5. The highest BCUT2D eigenvalue weighted by Gasteiger charge is 2.33. The number of hydrogen-bond acceptors (Lipinski definition) is 3. The second-order valence-electron chi connectivity index (χ2n) is 9.52. The lowest BCUT2D eigenvalue weighted by Gasteiger charge is -2.33. The number of carbonyl (C=O) groups excluding carboxylic acids is 2. The number of hydrogen-bond donors (Lipinski definition) is 2. The third-order valence-electron chi connectivity index (χ3n) is 6.00. The average molecular weight is 425 g/mol. The van der Waals surface area contributed by atoms with Gasteiger partial charge in [0.2, 0.25) is 5.91 Å². The maximum Gasteiger partial charge on any atom is 0.251 e. The maximum absolute atomic E-state index is 12.5. The number of thiophene rings is 1. The lowest BCUT2D eigenvalue weighted by molar-refractivity contribution is -0.111. The minimum atomic E-state index is -0.467. The largest absolute Gasteiger partial charge is 0.365 e. The van der Waals surface area contributed by atoms with Crippen molar-refractivity contribution in [3.63, 3.8) is 0 Å². The molecule has 0 spiro atoms. The Morgan fingerprint density at radius 1 is 1.20 bits per heavy atom. The molecule has 0 aliphatic heterocycles. The van der Waals surface area contributed by atoms with Gasteiger partial charge in [0.05, 0.1) is 5.56 Å². The Morgan fingerprint density at radius 3 is 2.43 bits per heavy atom. The summed E-state index contributed by atoms with van der Waals surface area (Å²) in [5, 5.41) is 3.47. The third kappa shape index (κ3) is 5.01. The van der Waals surface area contributed by atoms with Crippen molar-refractivity contribution in [2.45, 2.75) is 59.8 Å². The Kier molecular flexibility index (Phi) is 6.51. The summed E-state index contributed by atoms with van der Waals surface area (Å²) in [5.41, 5.74) is 9.64. The van der Waals surface area contributed by atoms with E-state index >= 15 is 0 Å². The fourth-order valence-electron chi connectivity index (χ4n) is 3.99. The summed E-state index contributed by atoms with van der Waals surface area (Å²) in [6, 6.07) is 8.16. The molecule has 1 atom stereocenters. The molecule has 5 heteroatoms. The van der Waals surface area contributed by atoms with Gasteiger partial charge in [-0.2, -0.15) is 0 Å². The highest BCUT2D eigenvalue weighted by atomic mass is 32.1. The van der Waals surface area contributed by atoms with Crippen LogP contribution in [-0.4, -0.2) is 11.8 Å². The molecule has 0 radical (unpaired) electrons. The van der Waals surface area contributed by atoms with Gasteiger partial charge in [-0.15, -0.1) is 11.3 Å². The molecule has 1 aliphatic rings. The summed E-state index contributed by atoms with van der Waals surface area (Å²) in [5.74, 6) is 0.310. The van der Waals surface area contributed by atoms with E-state index in [1.165, 1.54) is 27.9 Å². The average Bonchev–Trinajstić information content (AvgIpc) is 3.03. The number of fused-ring (bicyclic) bond motifs is 1. The van der Waals surface area contributed by atoms with E-state index < -0.39 is 5.91 Å². The van der Waals surface area contributed by atoms with E-state index in [0.29, 0.717) is 22.4 Å². The summed E-state index contributed by atoms with van der Waals surface area (Å²) in [4.78, 5) is 25.8. The lowest BCUT2D eigenvalue weighted by atomic mass is 9.72. The molecule has 1 aromatic carbocycles. The zero-order valence-corrected chi connectivity index (χ0v) is 19.4. The van der Waals surface area contributed by atoms with Crippen molar-refractivity contribution >= 4 is 34.2 Å². The van der Waals surface area contributed by atoms with Gasteiger partial charge in [0.15, 0.2) is 0 Å². The van der Waals surface area contributed by atoms with Gasteiger partial charge in [-0.3, -0.25) is 9.59 Å². The van der Waals surface area contributed by atoms with Crippen LogP contribution in [0.1, 0.15) is 78.9 Å². The first-order chi connectivity index (χ1) is 14.1. The van der Waals surface area contributed by atoms with Crippen molar-refractivity contribution < 1.29 is 9.59 Å². The van der Waals surface area contributed by atoms with Crippen LogP contribution in [0.4, 0.5) is 5.00 Å². The van der Waals surface area contributed by atoms with Crippen LogP contribution >= 0.6 is 11.3 Å². The van der Waals surface area contributed by atoms with Crippen molar-refractivity contribution in [3.05, 3.63) is 57.5 Å². The number of rotatable bonds is 5. The SMILES string of the molecule is CC(C)c1ccc(/C=C/C(=O)Nc2sc3c(c2C(N)=O)CCC(C(C)(C)C)C3)cc1. The summed E-state index contributed by atoms with van der Waals surface area (Å²) < 4.78 is 0. The molecule has 160 valence electrons. The lowest BCUT2D eigenvalue weighted by Crippen LogP contribution is -2.27. The standard InChI is InChI=1S/C25H32N2O2S/c1-15(2)17-9-6-16(7-10-17)8-13-21(28)27-24-22(23(26)29)19-12-11-18(25(3,4)5)14-20(19)30-24/h6-10,13,15,18H,11-12,14H2,1-5H3,(H2,26,29)(H,27,28)/b13-8+. The van der Waals surface area contributed by atoms with Crippen molar-refractivity contribution in [2.24, 2.45) is 17.1 Å². The van der Waals surface area contributed by atoms with E-state index in [4.69, 9.17) is 5.73 Å². The zero-order valence-electron chi connectivity index (χ0n) is 18.5. The van der Waals surface area contributed by atoms with Gasteiger partial charge in [-0.25, -0.2) is 0 Å². The molecule has 1 unspecified atom stereocenters. The molecule has 1 aromatic heterocycles. The summed E-state index contributed by atoms with van der Waals surface area (Å²) >= 11 is 1.50. The van der Waals surface area contributed by atoms with Gasteiger partial charge in [-0.05, 0) is 59.3 Å². The molecule has 1 heterocycles. The van der Waals surface area contributed by atoms with Crippen LogP contribution < -0.4 is 11.1 Å². The second-order valence-corrected chi connectivity index (χ2v) is 10.6. The van der Waals surface area contributed by atoms with Crippen LogP contribution in [0.5, 0.6) is 0 Å². The molecule has 3 N–H and O–H groups in total. The molecule has 30 heavy (non-hydrogen) atoms. The molecular weight excluding hydrogens is 392 g/mol. The summed E-state index contributed by atoms with van der Waals surface area (Å²) in [7, 11) is 0. The Balaban J connectivity index is 1.77. The Hall–Kier alpha value is -2.40. The summed E-state index contributed by atoms with van der Waals surface area (Å²) in [6.07, 6.45) is 6.09. The zero-order chi connectivity index (χ0) is 22.1. The van der Waals surface area contributed by atoms with E-state index in [0.717, 1.165) is 30.4 Å². The molecule has 2 aromatic rings. The molecule has 0 fully saturated rings. The number of primary amides is 1. The van der Waals surface area contributed by atoms with Gasteiger partial charge >= 0.3 is 0 Å². The van der Waals surface area contributed by atoms with E-state index in [1.807, 2.05) is 12.1 Å². The number of carbonyl (C=O) groups is 2. The first kappa shape index (κ1) is 22.3. The second kappa shape index (κ2) is 8.76. The van der Waals surface area contributed by atoms with Gasteiger partial charge in [-0.1, -0.05) is 58.9 Å². The predicted octanol–water partition coefficient (Wildman–Crippen LogP) is 5.77. The quantitative estimate of drug-likeness (QED) is 0.598. The summed E-state index contributed by atoms with van der Waals surface area (Å²) in [6.45, 7) is 11.1. The first-order valence-electron chi connectivity index (χ1n) is 10.6. The number of benzene rings is 1. The smallest absolute Gasteiger partial charge is 0.251 e. The number of nitrogens with one attached hydrogen (secondary N) is 1. The molecule has 3 rings (SSSR count). The predicted molar refractivity (Wildman–Crippen MR) is 126 cm³/mol. The molecule has 2 amide bonds. The van der Waals surface area contributed by atoms with Gasteiger partial charge < -0.3 is 11.1 Å². The van der Waals surface area contributed by atoms with Crippen molar-refractivity contribution in [1.29, 1.82) is 0 Å². The van der Waals surface area contributed by atoms with Crippen molar-refractivity contribution in [3.8, 4) is 0 Å². The molecule has 1 aliphatic carbocycles. The van der Waals surface area contributed by atoms with E-state index in [1.54, 1.807) is 6.08 Å². The molecule has 0 saturated heterocycles. The number of amides is 2.